The van der Waals surface area contributed by atoms with Crippen LogP contribution in [0.4, 0.5) is 0 Å². The first kappa shape index (κ1) is 54.5. The van der Waals surface area contributed by atoms with Crippen molar-refractivity contribution in [1.29, 1.82) is 5.41 Å². The zero-order valence-corrected chi connectivity index (χ0v) is 40.8. The van der Waals surface area contributed by atoms with E-state index in [0.29, 0.717) is 63.4 Å². The lowest BCUT2D eigenvalue weighted by Crippen LogP contribution is -2.61. The molecule has 0 aromatic rings. The van der Waals surface area contributed by atoms with Gasteiger partial charge in [-0.15, -0.1) is 0 Å². The number of aliphatic hydroxyl groups is 4. The molecule has 3 heterocycles. The Morgan fingerprint density at radius 2 is 1.57 bits per heavy atom. The number of carbonyl (C=O) groups is 3. The monoisotopic (exact) mass is 915 g/mol. The summed E-state index contributed by atoms with van der Waals surface area (Å²) in [7, 11) is 4.65. The van der Waals surface area contributed by atoms with Crippen molar-refractivity contribution in [2.24, 2.45) is 35.5 Å². The van der Waals surface area contributed by atoms with Gasteiger partial charge in [-0.3, -0.25) is 9.59 Å². The lowest BCUT2D eigenvalue weighted by molar-refractivity contribution is -0.265. The summed E-state index contributed by atoms with van der Waals surface area (Å²) in [6.07, 6.45) is 11.8. The lowest BCUT2D eigenvalue weighted by Gasteiger charge is -2.43. The molecule has 14 heteroatoms. The van der Waals surface area contributed by atoms with E-state index in [1.807, 2.05) is 52.0 Å². The number of cyclic esters (lactones) is 1. The van der Waals surface area contributed by atoms with Crippen molar-refractivity contribution in [1.82, 2.24) is 4.90 Å². The molecule has 3 aliphatic heterocycles. The summed E-state index contributed by atoms with van der Waals surface area (Å²) in [4.78, 5) is 44.1. The third-order valence-electron chi connectivity index (χ3n) is 14.7. The van der Waals surface area contributed by atoms with E-state index >= 15 is 0 Å². The number of nitrogens with zero attached hydrogens (tertiary/aromatic N) is 1. The first-order valence-electron chi connectivity index (χ1n) is 24.1. The highest BCUT2D eigenvalue weighted by molar-refractivity contribution is 6.39. The zero-order chi connectivity index (χ0) is 48.2. The molecule has 3 fully saturated rings. The number of rotatable bonds is 6. The number of methoxy groups -OCH3 is 3. The van der Waals surface area contributed by atoms with E-state index in [4.69, 9.17) is 29.1 Å². The van der Waals surface area contributed by atoms with Crippen LogP contribution in [0.2, 0.25) is 0 Å². The standard InChI is InChI=1S/C51H82N2O12/c1-30-16-12-11-13-17-31(2)42(61-8)28-38-21-19-36(7)51(60,65-38)48(57)49(58)53-23-15-14-18-39(53)50(59)64-43(33(4)26-37-20-22-40(54)44(27-37)62-9)29-41(55)32(3)25-35(6)46(56)47(63-10)45(52)34(5)24-30/h11-13,16-17,25,30,32-34,36-44,46-47,52,54-56,60H,14-15,18-24,26-29H2,1-10H3/b13-11+,16-12+,31-17+,35-25+,52-45?/t30-,32-,33-,34-,36-,37+,38+,39+,40-,41-,42+,43+,44-,46-,47+,51-/m1/s1. The molecule has 2 bridgehead atoms. The van der Waals surface area contributed by atoms with E-state index in [-0.39, 0.29) is 54.9 Å². The number of carbonyl (C=O) groups excluding carboxylic acids is 3. The first-order chi connectivity index (χ1) is 30.7. The minimum atomic E-state index is -2.41. The van der Waals surface area contributed by atoms with Crippen LogP contribution >= 0.6 is 0 Å². The third-order valence-corrected chi connectivity index (χ3v) is 14.7. The van der Waals surface area contributed by atoms with E-state index < -0.39 is 84.1 Å². The Morgan fingerprint density at radius 3 is 2.25 bits per heavy atom. The fourth-order valence-corrected chi connectivity index (χ4v) is 10.3. The van der Waals surface area contributed by atoms with Crippen LogP contribution < -0.4 is 0 Å². The van der Waals surface area contributed by atoms with Crippen LogP contribution in [0.25, 0.3) is 0 Å². The fraction of sp³-hybridized carbons (Fsp3) is 0.765. The van der Waals surface area contributed by atoms with Crippen molar-refractivity contribution in [3.8, 4) is 0 Å². The maximum atomic E-state index is 14.4. The number of ether oxygens (including phenoxy) is 5. The van der Waals surface area contributed by atoms with Gasteiger partial charge in [-0.1, -0.05) is 71.1 Å². The maximum Gasteiger partial charge on any atom is 0.329 e. The molecule has 4 aliphatic rings. The molecule has 1 saturated carbocycles. The van der Waals surface area contributed by atoms with Gasteiger partial charge in [-0.2, -0.15) is 0 Å². The highest BCUT2D eigenvalue weighted by Crippen LogP contribution is 2.38. The molecule has 0 aromatic heterocycles. The predicted molar refractivity (Wildman–Crippen MR) is 249 cm³/mol. The molecule has 0 spiro atoms. The van der Waals surface area contributed by atoms with Gasteiger partial charge in [0, 0.05) is 58.3 Å². The molecule has 368 valence electrons. The number of nitrogens with one attached hydrogen (secondary N) is 1. The second kappa shape index (κ2) is 25.3. The molecule has 2 saturated heterocycles. The van der Waals surface area contributed by atoms with Crippen LogP contribution in [0.1, 0.15) is 126 Å². The molecule has 0 aromatic carbocycles. The summed E-state index contributed by atoms with van der Waals surface area (Å²) in [6, 6.07) is -1.10. The topological polar surface area (TPSA) is 205 Å². The highest BCUT2D eigenvalue weighted by atomic mass is 16.6. The number of Topliss-reactive ketones (excluding diaryl/α,β-unsaturated/α-hetero) is 1. The van der Waals surface area contributed by atoms with Crippen molar-refractivity contribution < 1.29 is 58.5 Å². The Labute approximate surface area is 388 Å². The van der Waals surface area contributed by atoms with Crippen molar-refractivity contribution in [3.63, 3.8) is 0 Å². The first-order valence-corrected chi connectivity index (χ1v) is 24.1. The Balaban J connectivity index is 1.70. The number of hydrogen-bond acceptors (Lipinski definition) is 13. The predicted octanol–water partition coefficient (Wildman–Crippen LogP) is 6.42. The van der Waals surface area contributed by atoms with Crippen molar-refractivity contribution in [2.45, 2.75) is 186 Å². The number of hydrogen-bond donors (Lipinski definition) is 5. The maximum absolute atomic E-state index is 14.4. The third kappa shape index (κ3) is 14.5. The average molecular weight is 915 g/mol. The molecule has 14 nitrogen and oxygen atoms in total. The van der Waals surface area contributed by atoms with Gasteiger partial charge in [-0.05, 0) is 113 Å². The molecule has 5 N–H and O–H groups in total. The highest BCUT2D eigenvalue weighted by Gasteiger charge is 2.53. The molecule has 0 unspecified atom stereocenters. The smallest absolute Gasteiger partial charge is 0.329 e. The fourth-order valence-electron chi connectivity index (χ4n) is 10.3. The van der Waals surface area contributed by atoms with Gasteiger partial charge < -0.3 is 54.4 Å². The van der Waals surface area contributed by atoms with Gasteiger partial charge in [0.2, 0.25) is 5.79 Å². The Bertz CT molecular complexity index is 1710. The van der Waals surface area contributed by atoms with E-state index in [9.17, 15) is 34.8 Å². The Morgan fingerprint density at radius 1 is 0.846 bits per heavy atom. The van der Waals surface area contributed by atoms with Crippen molar-refractivity contribution in [2.75, 3.05) is 27.9 Å². The van der Waals surface area contributed by atoms with Gasteiger partial charge in [0.1, 0.15) is 24.4 Å². The van der Waals surface area contributed by atoms with Gasteiger partial charge in [0.25, 0.3) is 11.7 Å². The SMILES string of the molecule is CO[C@H]1C[C@@H]2CC[C@@H](C)[C@@](O)(O2)C(=O)C(=O)N2CCCC[C@H]2C(=O)O[C@H]([C@H](C)C[C@@H]2CC[C@@H](O)[C@H](OC)C2)C[C@@H](O)[C@H](C)/C=C(\C)[C@@H](O)[C@@H](OC)C(=N)[C@H](C)C[C@H](C)/C=C/C=C/C=C/1C. The van der Waals surface area contributed by atoms with Gasteiger partial charge in [-0.25, -0.2) is 4.79 Å². The van der Waals surface area contributed by atoms with Crippen LogP contribution in [0.3, 0.4) is 0 Å². The van der Waals surface area contributed by atoms with Crippen LogP contribution in [0.15, 0.2) is 47.6 Å². The van der Waals surface area contributed by atoms with Gasteiger partial charge >= 0.3 is 5.97 Å². The zero-order valence-electron chi connectivity index (χ0n) is 40.8. The molecule has 16 atom stereocenters. The number of piperidine rings is 1. The quantitative estimate of drug-likeness (QED) is 0.111. The Kier molecular flexibility index (Phi) is 21.3. The number of amides is 1. The van der Waals surface area contributed by atoms with Crippen LogP contribution in [0.5, 0.6) is 0 Å². The van der Waals surface area contributed by atoms with E-state index in [0.717, 1.165) is 12.0 Å². The van der Waals surface area contributed by atoms with Crippen LogP contribution in [-0.4, -0.2) is 137 Å². The van der Waals surface area contributed by atoms with E-state index in [1.165, 1.54) is 12.0 Å². The molecule has 4 rings (SSSR count). The summed E-state index contributed by atoms with van der Waals surface area (Å²) >= 11 is 0. The lowest BCUT2D eigenvalue weighted by atomic mass is 9.78. The molecule has 1 amide bonds. The normalized spacial score (nSPS) is 41.5. The van der Waals surface area contributed by atoms with E-state index in [2.05, 4.69) is 13.0 Å². The summed E-state index contributed by atoms with van der Waals surface area (Å²) in [6.45, 7) is 13.3. The van der Waals surface area contributed by atoms with Crippen LogP contribution in [0, 0.1) is 40.9 Å². The van der Waals surface area contributed by atoms with Crippen LogP contribution in [-0.2, 0) is 38.1 Å². The van der Waals surface area contributed by atoms with E-state index in [1.54, 1.807) is 34.1 Å². The molecular weight excluding hydrogens is 833 g/mol. The largest absolute Gasteiger partial charge is 0.460 e. The van der Waals surface area contributed by atoms with Crippen molar-refractivity contribution >= 4 is 23.4 Å². The number of fused-ring (bicyclic) bond motifs is 3. The average Bonchev–Trinajstić information content (AvgIpc) is 3.28. The number of esters is 1. The second-order valence-corrected chi connectivity index (χ2v) is 19.8. The second-order valence-electron chi connectivity index (χ2n) is 19.8. The molecular formula is C51H82N2O12. The van der Waals surface area contributed by atoms with Crippen molar-refractivity contribution in [3.05, 3.63) is 47.6 Å². The minimum Gasteiger partial charge on any atom is -0.460 e. The summed E-state index contributed by atoms with van der Waals surface area (Å²) in [5.41, 5.74) is 1.70. The molecule has 65 heavy (non-hydrogen) atoms. The number of aliphatic hydroxyl groups excluding tert-OH is 3. The Hall–Kier alpha value is -3.08. The molecule has 1 aliphatic carbocycles. The molecule has 0 radical (unpaired) electrons. The summed E-state index contributed by atoms with van der Waals surface area (Å²) in [5.74, 6) is -6.61. The number of ketones is 1. The minimum absolute atomic E-state index is 0.0430. The summed E-state index contributed by atoms with van der Waals surface area (Å²) < 4.78 is 29.6. The van der Waals surface area contributed by atoms with Gasteiger partial charge in [0.05, 0.1) is 30.5 Å². The van der Waals surface area contributed by atoms with Gasteiger partial charge in [0.15, 0.2) is 0 Å². The summed E-state index contributed by atoms with van der Waals surface area (Å²) in [5, 5.41) is 54.8. The number of allylic oxidation sites excluding steroid dienone is 5.